The second kappa shape index (κ2) is 17.9. The number of esters is 1. The zero-order valence-electron chi connectivity index (χ0n) is 28.9. The van der Waals surface area contributed by atoms with E-state index in [1.807, 2.05) is 74.5 Å². The molecule has 0 aromatic heterocycles. The smallest absolute Gasteiger partial charge is 0.410 e. The van der Waals surface area contributed by atoms with Crippen molar-refractivity contribution in [3.8, 4) is 0 Å². The van der Waals surface area contributed by atoms with Crippen molar-refractivity contribution in [1.82, 2.24) is 20.4 Å². The summed E-state index contributed by atoms with van der Waals surface area (Å²) in [5, 5.41) is 17.1. The molecule has 0 spiro atoms. The Morgan fingerprint density at radius 1 is 0.898 bits per heavy atom. The van der Waals surface area contributed by atoms with Gasteiger partial charge in [0.05, 0.1) is 0 Å². The molecule has 0 bridgehead atoms. The van der Waals surface area contributed by atoms with Gasteiger partial charge < -0.3 is 25.2 Å². The third kappa shape index (κ3) is 10.1. The summed E-state index contributed by atoms with van der Waals surface area (Å²) in [6.07, 6.45) is -0.277. The highest BCUT2D eigenvalue weighted by Gasteiger charge is 2.47. The van der Waals surface area contributed by atoms with E-state index in [-0.39, 0.29) is 44.4 Å². The van der Waals surface area contributed by atoms with Crippen LogP contribution >= 0.6 is 0 Å². The number of aliphatic hydroxyl groups excluding tert-OH is 1. The number of nitrogens with zero attached hydrogens (tertiary/aromatic N) is 2. The first kappa shape index (κ1) is 37.5. The SMILES string of the molecule is CC(C)C[C@H](C(=O)N[C@H](C(=O)OCc1ccccc1)C(C)C)N(C(=O)C(O)C1CCCN1)C(=O)[C@@H]1CCCN1C(=O)OCc1ccccc1. The van der Waals surface area contributed by atoms with Crippen molar-refractivity contribution in [1.29, 1.82) is 0 Å². The number of imide groups is 1. The Labute approximate surface area is 288 Å². The normalized spacial score (nSPS) is 19.3. The summed E-state index contributed by atoms with van der Waals surface area (Å²) in [4.78, 5) is 71.5. The molecule has 4 rings (SSSR count). The summed E-state index contributed by atoms with van der Waals surface area (Å²) < 4.78 is 11.1. The predicted octanol–water partition coefficient (Wildman–Crippen LogP) is 3.55. The molecule has 2 aliphatic heterocycles. The summed E-state index contributed by atoms with van der Waals surface area (Å²) in [5.41, 5.74) is 1.56. The molecule has 2 aromatic rings. The minimum atomic E-state index is -1.61. The van der Waals surface area contributed by atoms with Crippen LogP contribution < -0.4 is 10.6 Å². The molecule has 2 fully saturated rings. The fourth-order valence-electron chi connectivity index (χ4n) is 6.26. The molecule has 0 aliphatic carbocycles. The van der Waals surface area contributed by atoms with Crippen LogP contribution in [0.3, 0.4) is 0 Å². The van der Waals surface area contributed by atoms with Gasteiger partial charge in [-0.1, -0.05) is 88.4 Å². The average molecular weight is 679 g/mol. The van der Waals surface area contributed by atoms with Gasteiger partial charge in [-0.15, -0.1) is 0 Å². The first-order chi connectivity index (χ1) is 23.5. The van der Waals surface area contributed by atoms with Crippen LogP contribution in [0.15, 0.2) is 60.7 Å². The largest absolute Gasteiger partial charge is 0.459 e. The molecule has 266 valence electrons. The minimum absolute atomic E-state index is 0.00113. The molecule has 2 heterocycles. The lowest BCUT2D eigenvalue weighted by Crippen LogP contribution is -2.62. The number of benzene rings is 2. The maximum atomic E-state index is 14.5. The molecular formula is C37H50N4O8. The molecule has 2 unspecified atom stereocenters. The number of hydrogen-bond acceptors (Lipinski definition) is 9. The Morgan fingerprint density at radius 2 is 1.51 bits per heavy atom. The lowest BCUT2D eigenvalue weighted by molar-refractivity contribution is -0.161. The lowest BCUT2D eigenvalue weighted by Gasteiger charge is -2.36. The number of carbonyl (C=O) groups excluding carboxylic acids is 5. The number of rotatable bonds is 14. The van der Waals surface area contributed by atoms with Crippen molar-refractivity contribution in [3.05, 3.63) is 71.8 Å². The van der Waals surface area contributed by atoms with Gasteiger partial charge in [0.2, 0.25) is 5.91 Å². The fraction of sp³-hybridized carbons (Fsp3) is 0.541. The van der Waals surface area contributed by atoms with E-state index in [9.17, 15) is 29.1 Å². The number of amides is 4. The zero-order chi connectivity index (χ0) is 35.5. The summed E-state index contributed by atoms with van der Waals surface area (Å²) >= 11 is 0. The predicted molar refractivity (Wildman–Crippen MR) is 181 cm³/mol. The topological polar surface area (TPSA) is 155 Å². The van der Waals surface area contributed by atoms with Crippen LogP contribution in [-0.4, -0.2) is 88.1 Å². The Hall–Kier alpha value is -4.29. The Balaban J connectivity index is 1.60. The van der Waals surface area contributed by atoms with Gasteiger partial charge in [-0.05, 0) is 61.6 Å². The van der Waals surface area contributed by atoms with Crippen LogP contribution in [-0.2, 0) is 41.9 Å². The summed E-state index contributed by atoms with van der Waals surface area (Å²) in [6, 6.07) is 14.1. The molecule has 49 heavy (non-hydrogen) atoms. The van der Waals surface area contributed by atoms with Crippen molar-refractivity contribution in [2.24, 2.45) is 11.8 Å². The minimum Gasteiger partial charge on any atom is -0.459 e. The average Bonchev–Trinajstić information content (AvgIpc) is 3.82. The Morgan fingerprint density at radius 3 is 2.06 bits per heavy atom. The molecule has 12 nitrogen and oxygen atoms in total. The molecule has 4 amide bonds. The van der Waals surface area contributed by atoms with E-state index >= 15 is 0 Å². The molecule has 12 heteroatoms. The van der Waals surface area contributed by atoms with Crippen molar-refractivity contribution in [2.75, 3.05) is 13.1 Å². The summed E-state index contributed by atoms with van der Waals surface area (Å²) in [6.45, 7) is 8.04. The molecular weight excluding hydrogens is 628 g/mol. The first-order valence-corrected chi connectivity index (χ1v) is 17.2. The number of carbonyl (C=O) groups is 5. The number of nitrogens with one attached hydrogen (secondary N) is 2. The lowest BCUT2D eigenvalue weighted by atomic mass is 9.97. The molecule has 3 N–H and O–H groups in total. The van der Waals surface area contributed by atoms with Crippen LogP contribution in [0.2, 0.25) is 0 Å². The van der Waals surface area contributed by atoms with Gasteiger partial charge in [-0.2, -0.15) is 0 Å². The Bertz CT molecular complexity index is 1410. The fourth-order valence-corrected chi connectivity index (χ4v) is 6.26. The van der Waals surface area contributed by atoms with Gasteiger partial charge in [0.1, 0.15) is 37.4 Å². The standard InChI is InChI=1S/C37H50N4O8/c1-24(2)21-30(33(43)39-31(25(3)4)36(46)48-22-26-13-7-5-8-14-26)41(35(45)32(42)28-17-11-19-38-28)34(44)29-18-12-20-40(29)37(47)49-23-27-15-9-6-10-16-27/h5-10,13-16,24-25,28-32,38,42H,11-12,17-23H2,1-4H3,(H,39,43)/t28?,29-,30+,31-,32?/m0/s1. The van der Waals surface area contributed by atoms with Crippen molar-refractivity contribution >= 4 is 29.8 Å². The molecule has 0 radical (unpaired) electrons. The molecule has 2 aromatic carbocycles. The van der Waals surface area contributed by atoms with Crippen LogP contribution in [0.4, 0.5) is 4.79 Å². The number of aliphatic hydroxyl groups is 1. The van der Waals surface area contributed by atoms with E-state index in [2.05, 4.69) is 10.6 Å². The van der Waals surface area contributed by atoms with E-state index in [1.54, 1.807) is 13.8 Å². The van der Waals surface area contributed by atoms with Gasteiger partial charge in [0.25, 0.3) is 11.8 Å². The van der Waals surface area contributed by atoms with Crippen LogP contribution in [0.5, 0.6) is 0 Å². The number of ether oxygens (including phenoxy) is 2. The van der Waals surface area contributed by atoms with Crippen molar-refractivity contribution in [2.45, 2.75) is 103 Å². The van der Waals surface area contributed by atoms with Crippen molar-refractivity contribution in [3.63, 3.8) is 0 Å². The Kier molecular flexibility index (Phi) is 13.7. The van der Waals surface area contributed by atoms with Gasteiger partial charge in [-0.25, -0.2) is 9.59 Å². The zero-order valence-corrected chi connectivity index (χ0v) is 28.9. The molecule has 0 saturated carbocycles. The van der Waals surface area contributed by atoms with Gasteiger partial charge in [-0.3, -0.25) is 24.2 Å². The number of hydrogen-bond donors (Lipinski definition) is 3. The third-order valence-corrected chi connectivity index (χ3v) is 8.94. The monoisotopic (exact) mass is 678 g/mol. The van der Waals surface area contributed by atoms with Gasteiger partial charge in [0, 0.05) is 12.6 Å². The molecule has 2 saturated heterocycles. The quantitative estimate of drug-likeness (QED) is 0.255. The molecule has 5 atom stereocenters. The van der Waals surface area contributed by atoms with Crippen molar-refractivity contribution < 1.29 is 38.6 Å². The maximum Gasteiger partial charge on any atom is 0.410 e. The van der Waals surface area contributed by atoms with Crippen LogP contribution in [0.1, 0.15) is 70.9 Å². The van der Waals surface area contributed by atoms with E-state index in [4.69, 9.17) is 9.47 Å². The second-order valence-electron chi connectivity index (χ2n) is 13.6. The second-order valence-corrected chi connectivity index (χ2v) is 13.6. The van der Waals surface area contributed by atoms with Crippen LogP contribution in [0, 0.1) is 11.8 Å². The number of likely N-dealkylation sites (tertiary alicyclic amines) is 1. The van der Waals surface area contributed by atoms with Gasteiger partial charge in [0.15, 0.2) is 0 Å². The van der Waals surface area contributed by atoms with Crippen LogP contribution in [0.25, 0.3) is 0 Å². The highest BCUT2D eigenvalue weighted by Crippen LogP contribution is 2.26. The maximum absolute atomic E-state index is 14.5. The highest BCUT2D eigenvalue weighted by atomic mass is 16.6. The summed E-state index contributed by atoms with van der Waals surface area (Å²) in [7, 11) is 0. The highest BCUT2D eigenvalue weighted by molar-refractivity contribution is 6.05. The van der Waals surface area contributed by atoms with E-state index in [1.165, 1.54) is 4.90 Å². The van der Waals surface area contributed by atoms with E-state index in [0.717, 1.165) is 22.4 Å². The van der Waals surface area contributed by atoms with E-state index in [0.29, 0.717) is 19.4 Å². The summed E-state index contributed by atoms with van der Waals surface area (Å²) in [5.74, 6) is -3.64. The third-order valence-electron chi connectivity index (χ3n) is 8.94. The van der Waals surface area contributed by atoms with E-state index < -0.39 is 60.1 Å². The first-order valence-electron chi connectivity index (χ1n) is 17.2. The van der Waals surface area contributed by atoms with Gasteiger partial charge >= 0.3 is 12.1 Å². The molecule has 2 aliphatic rings.